The topological polar surface area (TPSA) is 86.6 Å². The lowest BCUT2D eigenvalue weighted by atomic mass is 10.0. The van der Waals surface area contributed by atoms with Crippen LogP contribution in [0.3, 0.4) is 0 Å². The van der Waals surface area contributed by atoms with Gasteiger partial charge in [0.05, 0.1) is 24.6 Å². The highest BCUT2D eigenvalue weighted by atomic mass is 19.4. The van der Waals surface area contributed by atoms with Gasteiger partial charge >= 0.3 is 18.2 Å². The van der Waals surface area contributed by atoms with Crippen molar-refractivity contribution in [1.82, 2.24) is 9.88 Å². The zero-order valence-corrected chi connectivity index (χ0v) is 20.3. The summed E-state index contributed by atoms with van der Waals surface area (Å²) in [6.07, 6.45) is -3.73. The van der Waals surface area contributed by atoms with E-state index in [-0.39, 0.29) is 12.8 Å². The van der Waals surface area contributed by atoms with Gasteiger partial charge in [0.25, 0.3) is 0 Å². The molecule has 192 valence electrons. The predicted octanol–water partition coefficient (Wildman–Crippen LogP) is 4.89. The number of amides is 1. The molecule has 1 atom stereocenters. The fourth-order valence-electron chi connectivity index (χ4n) is 3.67. The number of benzene rings is 2. The molecule has 0 saturated heterocycles. The van der Waals surface area contributed by atoms with Gasteiger partial charge in [-0.05, 0) is 50.1 Å². The maximum absolute atomic E-state index is 12.8. The molecule has 3 rings (SSSR count). The van der Waals surface area contributed by atoms with Crippen LogP contribution in [0.5, 0.6) is 0 Å². The van der Waals surface area contributed by atoms with Crippen LogP contribution < -0.4 is 5.32 Å². The van der Waals surface area contributed by atoms with Crippen LogP contribution in [0, 0.1) is 0 Å². The van der Waals surface area contributed by atoms with Crippen molar-refractivity contribution < 1.29 is 37.0 Å². The minimum Gasteiger partial charge on any atom is -0.467 e. The van der Waals surface area contributed by atoms with Crippen molar-refractivity contribution in [3.63, 3.8) is 0 Å². The predicted molar refractivity (Wildman–Crippen MR) is 126 cm³/mol. The second kappa shape index (κ2) is 10.4. The van der Waals surface area contributed by atoms with Crippen LogP contribution in [0.15, 0.2) is 54.7 Å². The number of esters is 1. The van der Waals surface area contributed by atoms with Crippen LogP contribution in [0.4, 0.5) is 18.0 Å². The lowest BCUT2D eigenvalue weighted by molar-refractivity contribution is -0.145. The van der Waals surface area contributed by atoms with E-state index < -0.39 is 41.4 Å². The van der Waals surface area contributed by atoms with Gasteiger partial charge in [0.2, 0.25) is 5.91 Å². The van der Waals surface area contributed by atoms with Crippen LogP contribution in [0.2, 0.25) is 0 Å². The Morgan fingerprint density at radius 3 is 2.22 bits per heavy atom. The molecule has 0 spiro atoms. The van der Waals surface area contributed by atoms with Gasteiger partial charge in [0.1, 0.15) is 11.6 Å². The van der Waals surface area contributed by atoms with Crippen molar-refractivity contribution in [2.24, 2.45) is 0 Å². The van der Waals surface area contributed by atoms with E-state index in [1.54, 1.807) is 51.2 Å². The van der Waals surface area contributed by atoms with Gasteiger partial charge in [0, 0.05) is 18.0 Å². The molecular weight excluding hydrogens is 477 g/mol. The number of nitrogens with one attached hydrogen (secondary N) is 1. The van der Waals surface area contributed by atoms with Crippen LogP contribution in [-0.4, -0.2) is 41.3 Å². The molecule has 0 fully saturated rings. The molecule has 1 amide bonds. The summed E-state index contributed by atoms with van der Waals surface area (Å²) in [6.45, 7) is 5.24. The third-order valence-corrected chi connectivity index (χ3v) is 5.28. The van der Waals surface area contributed by atoms with Crippen molar-refractivity contribution in [1.29, 1.82) is 0 Å². The number of carbonyl (C=O) groups excluding carboxylic acids is 3. The fourth-order valence-corrected chi connectivity index (χ4v) is 3.67. The molecule has 1 heterocycles. The molecule has 36 heavy (non-hydrogen) atoms. The lowest BCUT2D eigenvalue weighted by Gasteiger charge is -2.19. The standard InChI is InChI=1S/C26H27F3N2O5/c1-25(2,3)36-24(34)31-15-17(19-7-5-6-8-21(19)31)14-20(23(33)35-4)30-22(32)13-16-9-11-18(12-10-16)26(27,28)29/h5-12,15,20H,13-14H2,1-4H3,(H,30,32)/t20-/m1/s1. The van der Waals surface area contributed by atoms with Crippen LogP contribution in [-0.2, 0) is 38.1 Å². The first-order chi connectivity index (χ1) is 16.8. The Kier molecular flexibility index (Phi) is 7.76. The maximum Gasteiger partial charge on any atom is 0.419 e. The summed E-state index contributed by atoms with van der Waals surface area (Å²) < 4.78 is 50.0. The Bertz CT molecular complexity index is 1260. The van der Waals surface area contributed by atoms with Gasteiger partial charge < -0.3 is 14.8 Å². The first-order valence-electron chi connectivity index (χ1n) is 11.1. The number of rotatable bonds is 6. The Labute approximate surface area is 206 Å². The second-order valence-electron chi connectivity index (χ2n) is 9.24. The van der Waals surface area contributed by atoms with E-state index in [1.807, 2.05) is 0 Å². The summed E-state index contributed by atoms with van der Waals surface area (Å²) in [7, 11) is 1.18. The number of ether oxygens (including phenoxy) is 2. The third-order valence-electron chi connectivity index (χ3n) is 5.28. The van der Waals surface area contributed by atoms with Crippen LogP contribution in [0.25, 0.3) is 10.9 Å². The number of para-hydroxylation sites is 1. The highest BCUT2D eigenvalue weighted by molar-refractivity contribution is 5.93. The molecule has 1 N–H and O–H groups in total. The SMILES string of the molecule is COC(=O)[C@@H](Cc1cn(C(=O)OC(C)(C)C)c2ccccc12)NC(=O)Cc1ccc(C(F)(F)F)cc1. The molecule has 2 aromatic carbocycles. The van der Waals surface area contributed by atoms with E-state index in [1.165, 1.54) is 23.8 Å². The number of methoxy groups -OCH3 is 1. The molecule has 0 aliphatic heterocycles. The Morgan fingerprint density at radius 1 is 1.00 bits per heavy atom. The highest BCUT2D eigenvalue weighted by Gasteiger charge is 2.30. The number of fused-ring (bicyclic) bond motifs is 1. The molecule has 0 radical (unpaired) electrons. The average Bonchev–Trinajstić information content (AvgIpc) is 3.15. The molecule has 0 aliphatic rings. The van der Waals surface area contributed by atoms with Gasteiger partial charge in [-0.15, -0.1) is 0 Å². The molecule has 0 saturated carbocycles. The maximum atomic E-state index is 12.8. The molecule has 0 unspecified atom stereocenters. The molecule has 0 bridgehead atoms. The largest absolute Gasteiger partial charge is 0.467 e. The molecule has 1 aromatic heterocycles. The Hall–Kier alpha value is -3.82. The summed E-state index contributed by atoms with van der Waals surface area (Å²) in [5, 5.41) is 3.28. The van der Waals surface area contributed by atoms with Crippen molar-refractivity contribution in [3.8, 4) is 0 Å². The van der Waals surface area contributed by atoms with E-state index in [0.29, 0.717) is 22.0 Å². The number of nitrogens with zero attached hydrogens (tertiary/aromatic N) is 1. The molecule has 7 nitrogen and oxygen atoms in total. The van der Waals surface area contributed by atoms with Crippen LogP contribution >= 0.6 is 0 Å². The van der Waals surface area contributed by atoms with Gasteiger partial charge in [0.15, 0.2) is 0 Å². The normalized spacial score (nSPS) is 12.8. The number of halogens is 3. The van der Waals surface area contributed by atoms with Gasteiger partial charge in [-0.2, -0.15) is 13.2 Å². The quantitative estimate of drug-likeness (QED) is 0.484. The van der Waals surface area contributed by atoms with Crippen molar-refractivity contribution >= 4 is 28.9 Å². The summed E-state index contributed by atoms with van der Waals surface area (Å²) in [5.41, 5.74) is -0.0158. The van der Waals surface area contributed by atoms with Gasteiger partial charge in [-0.25, -0.2) is 9.59 Å². The monoisotopic (exact) mass is 504 g/mol. The zero-order chi connectivity index (χ0) is 26.7. The molecule has 3 aromatic rings. The van der Waals surface area contributed by atoms with Gasteiger partial charge in [-0.1, -0.05) is 30.3 Å². The molecule has 0 aliphatic carbocycles. The average molecular weight is 505 g/mol. The highest BCUT2D eigenvalue weighted by Crippen LogP contribution is 2.29. The Morgan fingerprint density at radius 2 is 1.64 bits per heavy atom. The summed E-state index contributed by atoms with van der Waals surface area (Å²) >= 11 is 0. The number of carbonyl (C=O) groups is 3. The summed E-state index contributed by atoms with van der Waals surface area (Å²) in [5.74, 6) is -1.27. The van der Waals surface area contributed by atoms with Crippen molar-refractivity contribution in [3.05, 3.63) is 71.4 Å². The van der Waals surface area contributed by atoms with E-state index in [0.717, 1.165) is 12.1 Å². The second-order valence-corrected chi connectivity index (χ2v) is 9.24. The van der Waals surface area contributed by atoms with E-state index >= 15 is 0 Å². The first-order valence-corrected chi connectivity index (χ1v) is 11.1. The third kappa shape index (κ3) is 6.65. The number of alkyl halides is 3. The number of hydrogen-bond acceptors (Lipinski definition) is 5. The number of aromatic nitrogens is 1. The number of hydrogen-bond donors (Lipinski definition) is 1. The smallest absolute Gasteiger partial charge is 0.419 e. The Balaban J connectivity index is 1.81. The van der Waals surface area contributed by atoms with Gasteiger partial charge in [-0.3, -0.25) is 9.36 Å². The van der Waals surface area contributed by atoms with Crippen LogP contribution in [0.1, 0.15) is 37.5 Å². The summed E-state index contributed by atoms with van der Waals surface area (Å²) in [4.78, 5) is 37.8. The zero-order valence-electron chi connectivity index (χ0n) is 20.3. The molecular formula is C26H27F3N2O5. The van der Waals surface area contributed by atoms with Crippen molar-refractivity contribution in [2.75, 3.05) is 7.11 Å². The van der Waals surface area contributed by atoms with Crippen molar-refractivity contribution in [2.45, 2.75) is 51.4 Å². The minimum absolute atomic E-state index is 0.0156. The van der Waals surface area contributed by atoms with E-state index in [9.17, 15) is 27.6 Å². The van der Waals surface area contributed by atoms with E-state index in [4.69, 9.17) is 9.47 Å². The lowest BCUT2D eigenvalue weighted by Crippen LogP contribution is -2.43. The van der Waals surface area contributed by atoms with E-state index in [2.05, 4.69) is 5.32 Å². The minimum atomic E-state index is -4.48. The summed E-state index contributed by atoms with van der Waals surface area (Å²) in [6, 6.07) is 10.2. The first kappa shape index (κ1) is 26.8. The molecule has 10 heteroatoms. The fraction of sp³-hybridized carbons (Fsp3) is 0.346.